The lowest BCUT2D eigenvalue weighted by molar-refractivity contribution is -0.0738. The molecule has 0 saturated heterocycles. The first-order valence-electron chi connectivity index (χ1n) is 15.6. The molecule has 0 fully saturated rings. The van der Waals surface area contributed by atoms with E-state index in [0.717, 1.165) is 51.7 Å². The number of ether oxygens (including phenoxy) is 5. The monoisotopic (exact) mass is 611 g/mol. The number of para-hydroxylation sites is 3. The fourth-order valence-electron chi connectivity index (χ4n) is 5.66. The number of hydrogen-bond donors (Lipinski definition) is 1. The van der Waals surface area contributed by atoms with Gasteiger partial charge in [-0.2, -0.15) is 0 Å². The van der Waals surface area contributed by atoms with E-state index in [4.69, 9.17) is 29.4 Å². The molecule has 45 heavy (non-hydrogen) atoms. The second-order valence-electron chi connectivity index (χ2n) is 13.2. The fraction of sp³-hybridized carbons (Fsp3) is 0.385. The summed E-state index contributed by atoms with van der Waals surface area (Å²) >= 11 is 0. The minimum absolute atomic E-state index is 0.0885. The molecule has 0 heterocycles. The van der Waals surface area contributed by atoms with Gasteiger partial charge in [-0.05, 0) is 68.4 Å². The smallest absolute Gasteiger partial charge is 0.197 e. The maximum Gasteiger partial charge on any atom is 0.197 e. The number of benzene rings is 4. The summed E-state index contributed by atoms with van der Waals surface area (Å²) in [6.07, 6.45) is 0.439. The minimum atomic E-state index is -0.459. The van der Waals surface area contributed by atoms with Crippen LogP contribution in [0.25, 0.3) is 22.3 Å². The van der Waals surface area contributed by atoms with Gasteiger partial charge in [0.15, 0.2) is 6.29 Å². The van der Waals surface area contributed by atoms with Gasteiger partial charge in [-0.15, -0.1) is 0 Å². The summed E-state index contributed by atoms with van der Waals surface area (Å²) < 4.78 is 30.0. The molecular weight excluding hydrogens is 562 g/mol. The molecule has 6 heteroatoms. The van der Waals surface area contributed by atoms with Gasteiger partial charge in [0.2, 0.25) is 0 Å². The second kappa shape index (κ2) is 14.9. The van der Waals surface area contributed by atoms with Gasteiger partial charge < -0.3 is 29.4 Å². The van der Waals surface area contributed by atoms with Gasteiger partial charge in [-0.25, -0.2) is 0 Å². The van der Waals surface area contributed by atoms with Crippen LogP contribution >= 0.6 is 0 Å². The van der Waals surface area contributed by atoms with Crippen molar-refractivity contribution in [2.45, 2.75) is 65.7 Å². The molecule has 0 spiro atoms. The predicted molar refractivity (Wildman–Crippen MR) is 183 cm³/mol. The normalized spacial score (nSPS) is 13.2. The number of methoxy groups -OCH3 is 2. The number of rotatable bonds is 14. The van der Waals surface area contributed by atoms with Gasteiger partial charge in [0.25, 0.3) is 0 Å². The average molecular weight is 612 g/mol. The zero-order chi connectivity index (χ0) is 32.6. The first kappa shape index (κ1) is 33.9. The Hall–Kier alpha value is -4.00. The highest BCUT2D eigenvalue weighted by atomic mass is 16.7. The molecule has 0 aliphatic heterocycles. The molecule has 0 amide bonds. The van der Waals surface area contributed by atoms with Crippen molar-refractivity contribution in [1.82, 2.24) is 0 Å². The Bertz CT molecular complexity index is 1450. The summed E-state index contributed by atoms with van der Waals surface area (Å²) in [6, 6.07) is 30.3. The zero-order valence-corrected chi connectivity index (χ0v) is 28.1. The van der Waals surface area contributed by atoms with Crippen molar-refractivity contribution in [3.8, 4) is 45.3 Å². The topological polar surface area (TPSA) is 72.2 Å². The molecule has 6 nitrogen and oxygen atoms in total. The average Bonchev–Trinajstić information content (AvgIpc) is 3.01. The van der Waals surface area contributed by atoms with Crippen molar-refractivity contribution in [2.24, 2.45) is 11.1 Å². The fourth-order valence-corrected chi connectivity index (χ4v) is 5.66. The highest BCUT2D eigenvalue weighted by Gasteiger charge is 2.30. The maximum absolute atomic E-state index is 6.49. The van der Waals surface area contributed by atoms with Crippen LogP contribution in [0.15, 0.2) is 91.0 Å². The first-order valence-corrected chi connectivity index (χ1v) is 15.6. The van der Waals surface area contributed by atoms with E-state index in [-0.39, 0.29) is 11.0 Å². The Balaban J connectivity index is 1.46. The number of nitrogens with two attached hydrogens (primary N) is 1. The Morgan fingerprint density at radius 3 is 1.64 bits per heavy atom. The molecule has 0 aliphatic rings. The van der Waals surface area contributed by atoms with Crippen LogP contribution < -0.4 is 24.7 Å². The standard InChI is InChI=1S/C39H49NO5/c1-27(45-29-22-20-28(21-23-29)34(38(2,3)4)26-39(5,6)40)43-24-25-44-37-32(30-14-9-11-18-35(30)41-7)16-13-17-33(37)31-15-10-12-19-36(31)42-8/h9-23,27,34H,24-26,40H2,1-8H3. The van der Waals surface area contributed by atoms with Crippen molar-refractivity contribution in [2.75, 3.05) is 27.4 Å². The summed E-state index contributed by atoms with van der Waals surface area (Å²) in [5, 5.41) is 0. The molecule has 2 unspecified atom stereocenters. The van der Waals surface area contributed by atoms with Crippen LogP contribution in [-0.4, -0.2) is 39.3 Å². The van der Waals surface area contributed by atoms with Gasteiger partial charge in [0, 0.05) is 27.8 Å². The van der Waals surface area contributed by atoms with E-state index >= 15 is 0 Å². The molecule has 0 bridgehead atoms. The lowest BCUT2D eigenvalue weighted by Gasteiger charge is -2.36. The Labute approximate surface area is 269 Å². The van der Waals surface area contributed by atoms with E-state index in [2.05, 4.69) is 46.8 Å². The summed E-state index contributed by atoms with van der Waals surface area (Å²) in [6.45, 7) is 13.5. The van der Waals surface area contributed by atoms with E-state index in [1.165, 1.54) is 5.56 Å². The zero-order valence-electron chi connectivity index (χ0n) is 28.1. The van der Waals surface area contributed by atoms with E-state index < -0.39 is 6.29 Å². The Morgan fingerprint density at radius 2 is 1.16 bits per heavy atom. The molecule has 4 aromatic rings. The summed E-state index contributed by atoms with van der Waals surface area (Å²) in [4.78, 5) is 0. The quantitative estimate of drug-likeness (QED) is 0.113. The third-order valence-corrected chi connectivity index (χ3v) is 7.85. The van der Waals surface area contributed by atoms with Crippen molar-refractivity contribution in [1.29, 1.82) is 0 Å². The molecule has 240 valence electrons. The molecule has 2 N–H and O–H groups in total. The van der Waals surface area contributed by atoms with E-state index in [1.54, 1.807) is 14.2 Å². The van der Waals surface area contributed by atoms with Crippen LogP contribution in [0.3, 0.4) is 0 Å². The number of hydrogen-bond acceptors (Lipinski definition) is 6. The second-order valence-corrected chi connectivity index (χ2v) is 13.2. The van der Waals surface area contributed by atoms with Crippen LogP contribution in [0.5, 0.6) is 23.0 Å². The van der Waals surface area contributed by atoms with Gasteiger partial charge >= 0.3 is 0 Å². The van der Waals surface area contributed by atoms with E-state index in [0.29, 0.717) is 19.1 Å². The van der Waals surface area contributed by atoms with Gasteiger partial charge in [0.1, 0.15) is 29.6 Å². The minimum Gasteiger partial charge on any atom is -0.496 e. The lowest BCUT2D eigenvalue weighted by Crippen LogP contribution is -2.37. The molecule has 4 rings (SSSR count). The van der Waals surface area contributed by atoms with Crippen molar-refractivity contribution >= 4 is 0 Å². The van der Waals surface area contributed by atoms with Crippen LogP contribution in [0.2, 0.25) is 0 Å². The predicted octanol–water partition coefficient (Wildman–Crippen LogP) is 9.12. The van der Waals surface area contributed by atoms with Crippen LogP contribution in [0, 0.1) is 5.41 Å². The molecule has 0 aromatic heterocycles. The largest absolute Gasteiger partial charge is 0.496 e. The van der Waals surface area contributed by atoms with Gasteiger partial charge in [-0.3, -0.25) is 0 Å². The van der Waals surface area contributed by atoms with Crippen LogP contribution in [-0.2, 0) is 4.74 Å². The third-order valence-electron chi connectivity index (χ3n) is 7.85. The first-order chi connectivity index (χ1) is 21.4. The Kier molecular flexibility index (Phi) is 11.2. The lowest BCUT2D eigenvalue weighted by atomic mass is 9.71. The van der Waals surface area contributed by atoms with E-state index in [1.807, 2.05) is 85.8 Å². The van der Waals surface area contributed by atoms with Gasteiger partial charge in [-0.1, -0.05) is 87.5 Å². The molecule has 2 atom stereocenters. The summed E-state index contributed by atoms with van der Waals surface area (Å²) in [5.74, 6) is 3.35. The van der Waals surface area contributed by atoms with Crippen LogP contribution in [0.4, 0.5) is 0 Å². The SMILES string of the molecule is COc1ccccc1-c1cccc(-c2ccccc2OC)c1OCCOC(C)Oc1ccc(C(CC(C)(C)N)C(C)(C)C)cc1. The highest BCUT2D eigenvalue weighted by molar-refractivity contribution is 5.86. The summed E-state index contributed by atoms with van der Waals surface area (Å²) in [5.41, 5.74) is 11.2. The maximum atomic E-state index is 6.49. The molecule has 0 saturated carbocycles. The Morgan fingerprint density at radius 1 is 0.644 bits per heavy atom. The van der Waals surface area contributed by atoms with Crippen molar-refractivity contribution in [3.63, 3.8) is 0 Å². The van der Waals surface area contributed by atoms with Gasteiger partial charge in [0.05, 0.1) is 20.8 Å². The molecule has 4 aromatic carbocycles. The molecule has 0 radical (unpaired) electrons. The van der Waals surface area contributed by atoms with Crippen LogP contribution in [0.1, 0.15) is 59.4 Å². The highest BCUT2D eigenvalue weighted by Crippen LogP contribution is 2.44. The third kappa shape index (κ3) is 9.03. The molecule has 0 aliphatic carbocycles. The molecular formula is C39H49NO5. The summed E-state index contributed by atoms with van der Waals surface area (Å²) in [7, 11) is 3.35. The van der Waals surface area contributed by atoms with E-state index in [9.17, 15) is 0 Å². The van der Waals surface area contributed by atoms with Crippen molar-refractivity contribution in [3.05, 3.63) is 96.6 Å². The van der Waals surface area contributed by atoms with Crippen molar-refractivity contribution < 1.29 is 23.7 Å².